The van der Waals surface area contributed by atoms with Crippen LogP contribution in [0.4, 0.5) is 19.0 Å². The molecule has 0 amide bonds. The van der Waals surface area contributed by atoms with Gasteiger partial charge in [-0.2, -0.15) is 18.3 Å². The molecule has 27 heavy (non-hydrogen) atoms. The summed E-state index contributed by atoms with van der Waals surface area (Å²) in [5.41, 5.74) is 1.28. The van der Waals surface area contributed by atoms with Gasteiger partial charge < -0.3 is 10.2 Å². The Hall–Kier alpha value is -1.73. The highest BCUT2D eigenvalue weighted by Crippen LogP contribution is 2.40. The van der Waals surface area contributed by atoms with Crippen LogP contribution in [-0.4, -0.2) is 40.9 Å². The van der Waals surface area contributed by atoms with Crippen LogP contribution in [0.2, 0.25) is 5.02 Å². The van der Waals surface area contributed by atoms with Gasteiger partial charge in [0.25, 0.3) is 0 Å². The molecule has 1 aromatic carbocycles. The second-order valence-corrected chi connectivity index (χ2v) is 7.61. The number of aromatic nitrogens is 2. The Balaban J connectivity index is 1.76. The van der Waals surface area contributed by atoms with Gasteiger partial charge in [0, 0.05) is 23.0 Å². The van der Waals surface area contributed by atoms with Gasteiger partial charge in [-0.15, -0.1) is 0 Å². The van der Waals surface area contributed by atoms with E-state index in [0.717, 1.165) is 62.8 Å². The number of nitrogens with one attached hydrogen (secondary N) is 1. The van der Waals surface area contributed by atoms with Crippen LogP contribution < -0.4 is 5.32 Å². The van der Waals surface area contributed by atoms with Crippen molar-refractivity contribution >= 4 is 17.4 Å². The Morgan fingerprint density at radius 2 is 2.00 bits per heavy atom. The summed E-state index contributed by atoms with van der Waals surface area (Å²) in [5.74, 6) is 0.986. The number of likely N-dealkylation sites (tertiary alicyclic amines) is 1. The van der Waals surface area contributed by atoms with Crippen LogP contribution in [0.5, 0.6) is 0 Å². The second kappa shape index (κ2) is 7.02. The molecule has 1 fully saturated rings. The lowest BCUT2D eigenvalue weighted by atomic mass is 9.91. The smallest absolute Gasteiger partial charge is 0.369 e. The highest BCUT2D eigenvalue weighted by Gasteiger charge is 2.37. The van der Waals surface area contributed by atoms with Gasteiger partial charge in [0.15, 0.2) is 0 Å². The first-order chi connectivity index (χ1) is 12.9. The SMILES string of the molecule is CCN1CCC(c2nn(-c3ccc(Cl)cc3C(F)(F)F)c3c2CCN3)CC1. The Morgan fingerprint density at radius 3 is 2.67 bits per heavy atom. The molecule has 2 aromatic rings. The zero-order valence-electron chi connectivity index (χ0n) is 15.1. The average molecular weight is 399 g/mol. The van der Waals surface area contributed by atoms with Crippen molar-refractivity contribution in [2.24, 2.45) is 0 Å². The molecule has 2 aliphatic heterocycles. The molecule has 1 saturated heterocycles. The van der Waals surface area contributed by atoms with Crippen molar-refractivity contribution in [3.63, 3.8) is 0 Å². The van der Waals surface area contributed by atoms with Gasteiger partial charge in [0.1, 0.15) is 5.82 Å². The molecule has 8 heteroatoms. The third-order valence-corrected chi connectivity index (χ3v) is 5.83. The summed E-state index contributed by atoms with van der Waals surface area (Å²) >= 11 is 5.83. The van der Waals surface area contributed by atoms with E-state index in [9.17, 15) is 13.2 Å². The Kier molecular flexibility index (Phi) is 4.84. The number of piperidine rings is 1. The predicted molar refractivity (Wildman–Crippen MR) is 99.9 cm³/mol. The molecule has 0 radical (unpaired) electrons. The average Bonchev–Trinajstić information content (AvgIpc) is 3.24. The van der Waals surface area contributed by atoms with E-state index in [-0.39, 0.29) is 10.7 Å². The Morgan fingerprint density at radius 1 is 1.26 bits per heavy atom. The van der Waals surface area contributed by atoms with Crippen LogP contribution in [0.1, 0.15) is 42.5 Å². The zero-order chi connectivity index (χ0) is 19.2. The second-order valence-electron chi connectivity index (χ2n) is 7.17. The molecule has 146 valence electrons. The fourth-order valence-electron chi connectivity index (χ4n) is 4.15. The van der Waals surface area contributed by atoms with E-state index in [2.05, 4.69) is 22.2 Å². The molecule has 0 saturated carbocycles. The first-order valence-electron chi connectivity index (χ1n) is 9.33. The topological polar surface area (TPSA) is 33.1 Å². The molecular formula is C19H22ClF3N4. The molecule has 0 atom stereocenters. The third-order valence-electron chi connectivity index (χ3n) is 5.60. The Labute approximate surface area is 161 Å². The van der Waals surface area contributed by atoms with Crippen molar-refractivity contribution in [1.29, 1.82) is 0 Å². The number of halogens is 4. The molecule has 0 aliphatic carbocycles. The number of fused-ring (bicyclic) bond motifs is 1. The monoisotopic (exact) mass is 398 g/mol. The molecule has 2 aliphatic rings. The summed E-state index contributed by atoms with van der Waals surface area (Å²) in [6, 6.07) is 3.86. The van der Waals surface area contributed by atoms with E-state index < -0.39 is 11.7 Å². The highest BCUT2D eigenvalue weighted by molar-refractivity contribution is 6.30. The number of alkyl halides is 3. The summed E-state index contributed by atoms with van der Waals surface area (Å²) in [6.07, 6.45) is -1.72. The predicted octanol–water partition coefficient (Wildman–Crippen LogP) is 4.71. The molecule has 0 bridgehead atoms. The molecule has 1 N–H and O–H groups in total. The van der Waals surface area contributed by atoms with Crippen LogP contribution in [0.3, 0.4) is 0 Å². The maximum absolute atomic E-state index is 13.6. The van der Waals surface area contributed by atoms with Crippen molar-refractivity contribution in [3.8, 4) is 5.69 Å². The number of hydrogen-bond acceptors (Lipinski definition) is 3. The molecule has 4 rings (SSSR count). The quantitative estimate of drug-likeness (QED) is 0.812. The Bertz CT molecular complexity index is 838. The van der Waals surface area contributed by atoms with E-state index in [1.165, 1.54) is 16.8 Å². The lowest BCUT2D eigenvalue weighted by molar-refractivity contribution is -0.137. The summed E-state index contributed by atoms with van der Waals surface area (Å²) in [5, 5.41) is 7.97. The zero-order valence-corrected chi connectivity index (χ0v) is 15.9. The van der Waals surface area contributed by atoms with Crippen molar-refractivity contribution in [3.05, 3.63) is 40.0 Å². The summed E-state index contributed by atoms with van der Waals surface area (Å²) in [6.45, 7) is 5.91. The van der Waals surface area contributed by atoms with Crippen molar-refractivity contribution in [2.75, 3.05) is 31.5 Å². The lowest BCUT2D eigenvalue weighted by Gasteiger charge is -2.30. The molecule has 0 spiro atoms. The van der Waals surface area contributed by atoms with Gasteiger partial charge in [-0.1, -0.05) is 18.5 Å². The van der Waals surface area contributed by atoms with Gasteiger partial charge in [0.2, 0.25) is 0 Å². The fraction of sp³-hybridized carbons (Fsp3) is 0.526. The molecular weight excluding hydrogens is 377 g/mol. The first-order valence-corrected chi connectivity index (χ1v) is 9.71. The molecule has 1 aromatic heterocycles. The summed E-state index contributed by atoms with van der Waals surface area (Å²) < 4.78 is 42.2. The molecule has 0 unspecified atom stereocenters. The van der Waals surface area contributed by atoms with Crippen molar-refractivity contribution in [1.82, 2.24) is 14.7 Å². The van der Waals surface area contributed by atoms with Crippen LogP contribution in [0, 0.1) is 0 Å². The van der Waals surface area contributed by atoms with E-state index in [1.807, 2.05) is 0 Å². The first kappa shape index (κ1) is 18.6. The van der Waals surface area contributed by atoms with Gasteiger partial charge in [-0.05, 0) is 57.1 Å². The lowest BCUT2D eigenvalue weighted by Crippen LogP contribution is -2.33. The maximum atomic E-state index is 13.6. The minimum absolute atomic E-state index is 0.0230. The number of nitrogens with zero attached hydrogens (tertiary/aromatic N) is 3. The number of anilines is 1. The molecule has 4 nitrogen and oxygen atoms in total. The van der Waals surface area contributed by atoms with Crippen LogP contribution in [0.15, 0.2) is 18.2 Å². The summed E-state index contributed by atoms with van der Waals surface area (Å²) in [7, 11) is 0. The van der Waals surface area contributed by atoms with Gasteiger partial charge in [-0.3, -0.25) is 0 Å². The number of hydrogen-bond donors (Lipinski definition) is 1. The third kappa shape index (κ3) is 3.43. The number of rotatable bonds is 3. The minimum Gasteiger partial charge on any atom is -0.369 e. The minimum atomic E-state index is -4.50. The van der Waals surface area contributed by atoms with E-state index >= 15 is 0 Å². The summed E-state index contributed by atoms with van der Waals surface area (Å²) in [4.78, 5) is 2.40. The van der Waals surface area contributed by atoms with Crippen molar-refractivity contribution in [2.45, 2.75) is 38.3 Å². The van der Waals surface area contributed by atoms with Crippen LogP contribution in [0.25, 0.3) is 5.69 Å². The van der Waals surface area contributed by atoms with E-state index in [4.69, 9.17) is 11.6 Å². The van der Waals surface area contributed by atoms with E-state index in [0.29, 0.717) is 11.7 Å². The van der Waals surface area contributed by atoms with Crippen LogP contribution >= 0.6 is 11.6 Å². The number of benzene rings is 1. The fourth-order valence-corrected chi connectivity index (χ4v) is 4.32. The van der Waals surface area contributed by atoms with Crippen LogP contribution in [-0.2, 0) is 12.6 Å². The largest absolute Gasteiger partial charge is 0.418 e. The molecule has 3 heterocycles. The van der Waals surface area contributed by atoms with Gasteiger partial charge in [0.05, 0.1) is 16.9 Å². The highest BCUT2D eigenvalue weighted by atomic mass is 35.5. The van der Waals surface area contributed by atoms with Gasteiger partial charge in [-0.25, -0.2) is 4.68 Å². The maximum Gasteiger partial charge on any atom is 0.418 e. The normalized spacial score (nSPS) is 18.6. The van der Waals surface area contributed by atoms with E-state index in [1.54, 1.807) is 0 Å². The van der Waals surface area contributed by atoms with Crippen molar-refractivity contribution < 1.29 is 13.2 Å². The van der Waals surface area contributed by atoms with Gasteiger partial charge >= 0.3 is 6.18 Å². The standard InChI is InChI=1S/C19H22ClF3N4/c1-2-26-9-6-12(7-10-26)17-14-5-8-24-18(14)27(25-17)16-4-3-13(20)11-15(16)19(21,22)23/h3-4,11-12,24H,2,5-10H2,1H3.